The first-order valence-electron chi connectivity index (χ1n) is 5.13. The molecule has 1 atom stereocenters. The minimum Gasteiger partial charge on any atom is -0.478 e. The molecular weight excluding hydrogens is 276 g/mol. The molecule has 0 aliphatic heterocycles. The first-order chi connectivity index (χ1) is 8.28. The number of carboxylic acids is 1. The summed E-state index contributed by atoms with van der Waals surface area (Å²) in [7, 11) is -4.36. The Morgan fingerprint density at radius 3 is 2.28 bits per heavy atom. The first kappa shape index (κ1) is 14.8. The average molecular weight is 290 g/mol. The van der Waals surface area contributed by atoms with Gasteiger partial charge in [0.05, 0.1) is 11.3 Å². The molecule has 0 aliphatic rings. The van der Waals surface area contributed by atoms with Gasteiger partial charge in [0.25, 0.3) is 0 Å². The summed E-state index contributed by atoms with van der Waals surface area (Å²) >= 11 is 0. The summed E-state index contributed by atoms with van der Waals surface area (Å²) in [5.74, 6) is -0.790. The van der Waals surface area contributed by atoms with Crippen LogP contribution in [-0.2, 0) is 26.4 Å². The van der Waals surface area contributed by atoms with Crippen LogP contribution in [0.4, 0.5) is 0 Å². The van der Waals surface area contributed by atoms with Crippen LogP contribution in [0.1, 0.15) is 15.9 Å². The normalized spacial score (nSPS) is 13.2. The molecule has 0 aromatic heterocycles. The zero-order chi connectivity index (χ0) is 13.8. The second-order valence-electron chi connectivity index (χ2n) is 3.92. The predicted octanol–water partition coefficient (Wildman–Crippen LogP) is 0.678. The molecule has 18 heavy (non-hydrogen) atoms. The Labute approximate surface area is 108 Å². The van der Waals surface area contributed by atoms with E-state index in [1.54, 1.807) is 12.1 Å². The molecule has 5 nitrogen and oxygen atoms in total. The third-order valence-electron chi connectivity index (χ3n) is 2.21. The Bertz CT molecular complexity index is 545. The molecule has 0 bridgehead atoms. The quantitative estimate of drug-likeness (QED) is 0.832. The van der Waals surface area contributed by atoms with E-state index in [0.29, 0.717) is 0 Å². The molecule has 7 heteroatoms. The van der Waals surface area contributed by atoms with Crippen LogP contribution in [0.2, 0.25) is 0 Å². The van der Waals surface area contributed by atoms with Crippen molar-refractivity contribution < 1.29 is 22.5 Å². The molecule has 100 valence electrons. The van der Waals surface area contributed by atoms with E-state index in [-0.39, 0.29) is 22.8 Å². The molecule has 0 aliphatic carbocycles. The van der Waals surface area contributed by atoms with Gasteiger partial charge in [-0.2, -0.15) is 0 Å². The van der Waals surface area contributed by atoms with Crippen LogP contribution in [0.25, 0.3) is 0 Å². The Hall–Kier alpha value is -1.21. The fourth-order valence-corrected chi connectivity index (χ4v) is 3.91. The van der Waals surface area contributed by atoms with E-state index in [9.17, 15) is 17.4 Å². The maximum absolute atomic E-state index is 11.6. The largest absolute Gasteiger partial charge is 0.478 e. The molecule has 1 unspecified atom stereocenters. The van der Waals surface area contributed by atoms with Crippen molar-refractivity contribution in [2.45, 2.75) is 5.75 Å². The van der Waals surface area contributed by atoms with E-state index < -0.39 is 26.6 Å². The van der Waals surface area contributed by atoms with Crippen LogP contribution in [0.5, 0.6) is 0 Å². The van der Waals surface area contributed by atoms with Crippen molar-refractivity contribution in [3.05, 3.63) is 35.4 Å². The third-order valence-corrected chi connectivity index (χ3v) is 4.73. The van der Waals surface area contributed by atoms with Crippen molar-refractivity contribution >= 4 is 26.6 Å². The third kappa shape index (κ3) is 5.42. The van der Waals surface area contributed by atoms with Crippen molar-refractivity contribution in [1.29, 1.82) is 0 Å². The monoisotopic (exact) mass is 290 g/mol. The van der Waals surface area contributed by atoms with Crippen molar-refractivity contribution in [2.75, 3.05) is 17.8 Å². The lowest BCUT2D eigenvalue weighted by atomic mass is 10.1. The molecule has 0 amide bonds. The smallest absolute Gasteiger partial charge is 0.335 e. The molecule has 0 saturated carbocycles. The van der Waals surface area contributed by atoms with Gasteiger partial charge in [-0.25, -0.2) is 13.2 Å². The molecule has 0 heterocycles. The van der Waals surface area contributed by atoms with Gasteiger partial charge in [0.1, 0.15) is 9.84 Å². The van der Waals surface area contributed by atoms with Crippen molar-refractivity contribution in [3.8, 4) is 0 Å². The highest BCUT2D eigenvalue weighted by Gasteiger charge is 2.08. The summed E-state index contributed by atoms with van der Waals surface area (Å²) in [6.07, 6.45) is 1.10. The van der Waals surface area contributed by atoms with Gasteiger partial charge < -0.3 is 5.11 Å². The van der Waals surface area contributed by atoms with E-state index >= 15 is 0 Å². The molecule has 1 aromatic rings. The average Bonchev–Trinajstić information content (AvgIpc) is 2.26. The van der Waals surface area contributed by atoms with E-state index in [1.165, 1.54) is 12.1 Å². The maximum Gasteiger partial charge on any atom is 0.335 e. The van der Waals surface area contributed by atoms with Crippen LogP contribution >= 0.6 is 0 Å². The number of hydrogen-bond donors (Lipinski definition) is 1. The van der Waals surface area contributed by atoms with Crippen LogP contribution < -0.4 is 0 Å². The first-order valence-corrected chi connectivity index (χ1v) is 8.68. The number of benzene rings is 1. The molecule has 0 spiro atoms. The topological polar surface area (TPSA) is 88.5 Å². The van der Waals surface area contributed by atoms with Crippen LogP contribution in [0, 0.1) is 0 Å². The number of sulfone groups is 1. The van der Waals surface area contributed by atoms with Gasteiger partial charge in [0.2, 0.25) is 0 Å². The summed E-state index contributed by atoms with van der Waals surface area (Å²) < 4.78 is 33.4. The summed E-state index contributed by atoms with van der Waals surface area (Å²) in [5.41, 5.74) is 0.896. The minimum absolute atomic E-state index is 0.0967. The number of carboxylic acid groups (broad SMARTS) is 1. The predicted molar refractivity (Wildman–Crippen MR) is 69.8 cm³/mol. The van der Waals surface area contributed by atoms with Crippen LogP contribution in [0.15, 0.2) is 24.3 Å². The van der Waals surface area contributed by atoms with Gasteiger partial charge in [0.15, 0.2) is 0 Å². The van der Waals surface area contributed by atoms with Crippen molar-refractivity contribution in [2.24, 2.45) is 0 Å². The van der Waals surface area contributed by atoms with Gasteiger partial charge in [-0.3, -0.25) is 4.21 Å². The number of hydrogen-bond acceptors (Lipinski definition) is 4. The second kappa shape index (κ2) is 6.10. The molecule has 1 aromatic carbocycles. The lowest BCUT2D eigenvalue weighted by molar-refractivity contribution is 0.0697. The van der Waals surface area contributed by atoms with Crippen molar-refractivity contribution in [3.63, 3.8) is 0 Å². The fraction of sp³-hybridized carbons (Fsp3) is 0.364. The van der Waals surface area contributed by atoms with Gasteiger partial charge in [-0.15, -0.1) is 0 Å². The van der Waals surface area contributed by atoms with Gasteiger partial charge >= 0.3 is 5.97 Å². The SMILES string of the molecule is CS(=O)(=O)CCS(=O)Cc1ccc(C(=O)O)cc1. The number of carbonyl (C=O) groups is 1. The zero-order valence-corrected chi connectivity index (χ0v) is 11.5. The number of rotatable bonds is 6. The van der Waals surface area contributed by atoms with E-state index in [2.05, 4.69) is 0 Å². The zero-order valence-electron chi connectivity index (χ0n) is 9.83. The Kier molecular flexibility index (Phi) is 5.03. The van der Waals surface area contributed by atoms with Gasteiger partial charge in [0, 0.05) is 28.6 Å². The van der Waals surface area contributed by atoms with E-state index in [1.807, 2.05) is 0 Å². The fourth-order valence-electron chi connectivity index (χ4n) is 1.25. The van der Waals surface area contributed by atoms with Gasteiger partial charge in [-0.1, -0.05) is 12.1 Å². The minimum atomic E-state index is -3.10. The summed E-state index contributed by atoms with van der Waals surface area (Å²) in [4.78, 5) is 10.6. The molecule has 1 rings (SSSR count). The highest BCUT2D eigenvalue weighted by atomic mass is 32.2. The highest BCUT2D eigenvalue weighted by Crippen LogP contribution is 2.07. The lowest BCUT2D eigenvalue weighted by Crippen LogP contribution is -2.12. The molecular formula is C11H14O5S2. The number of aromatic carboxylic acids is 1. The standard InChI is InChI=1S/C11H14O5S2/c1-18(15,16)7-6-17(14)8-9-2-4-10(5-3-9)11(12)13/h2-5H,6-8H2,1H3,(H,12,13). The van der Waals surface area contributed by atoms with Gasteiger partial charge in [-0.05, 0) is 17.7 Å². The lowest BCUT2D eigenvalue weighted by Gasteiger charge is -2.02. The molecule has 0 radical (unpaired) electrons. The maximum atomic E-state index is 11.6. The van der Waals surface area contributed by atoms with Crippen molar-refractivity contribution in [1.82, 2.24) is 0 Å². The summed E-state index contributed by atoms with van der Waals surface area (Å²) in [6.45, 7) is 0. The second-order valence-corrected chi connectivity index (χ2v) is 7.76. The summed E-state index contributed by atoms with van der Waals surface area (Å²) in [5, 5.41) is 8.70. The van der Waals surface area contributed by atoms with E-state index in [4.69, 9.17) is 5.11 Å². The molecule has 0 fully saturated rings. The van der Waals surface area contributed by atoms with Crippen LogP contribution in [-0.4, -0.2) is 41.5 Å². The Morgan fingerprint density at radius 2 is 1.83 bits per heavy atom. The Morgan fingerprint density at radius 1 is 1.28 bits per heavy atom. The molecule has 1 N–H and O–H groups in total. The van der Waals surface area contributed by atoms with E-state index in [0.717, 1.165) is 11.8 Å². The molecule has 0 saturated heterocycles. The highest BCUT2D eigenvalue weighted by molar-refractivity contribution is 7.92. The summed E-state index contributed by atoms with van der Waals surface area (Å²) in [6, 6.07) is 6.04. The Balaban J connectivity index is 2.57. The van der Waals surface area contributed by atoms with Crippen LogP contribution in [0.3, 0.4) is 0 Å².